The van der Waals surface area contributed by atoms with Crippen LogP contribution in [0.3, 0.4) is 0 Å². The molecular formula is C15H22N4. The van der Waals surface area contributed by atoms with Gasteiger partial charge in [-0.25, -0.2) is 4.98 Å². The molecule has 19 heavy (non-hydrogen) atoms. The third kappa shape index (κ3) is 2.59. The first-order chi connectivity index (χ1) is 9.38. The normalized spacial score (nSPS) is 15.6. The highest BCUT2D eigenvalue weighted by Crippen LogP contribution is 2.29. The van der Waals surface area contributed by atoms with E-state index in [4.69, 9.17) is 5.73 Å². The first-order valence-corrected chi connectivity index (χ1v) is 7.27. The molecule has 1 aliphatic rings. The molecule has 102 valence electrons. The van der Waals surface area contributed by atoms with E-state index >= 15 is 0 Å². The van der Waals surface area contributed by atoms with Crippen LogP contribution in [0.25, 0.3) is 11.0 Å². The molecule has 0 bridgehead atoms. The number of hydrogen-bond donors (Lipinski definition) is 2. The number of nitrogens with two attached hydrogens (primary N) is 1. The van der Waals surface area contributed by atoms with Gasteiger partial charge in [0.05, 0.1) is 11.0 Å². The van der Waals surface area contributed by atoms with Crippen LogP contribution in [0.5, 0.6) is 0 Å². The molecule has 3 N–H and O–H groups in total. The molecule has 1 heterocycles. The predicted octanol–water partition coefficient (Wildman–Crippen LogP) is 2.60. The van der Waals surface area contributed by atoms with Crippen molar-refractivity contribution in [2.45, 2.75) is 32.2 Å². The molecule has 0 amide bonds. The molecule has 2 aromatic rings. The lowest BCUT2D eigenvalue weighted by molar-refractivity contribution is 0.302. The van der Waals surface area contributed by atoms with Gasteiger partial charge in [0, 0.05) is 19.6 Å². The van der Waals surface area contributed by atoms with E-state index in [1.807, 2.05) is 6.07 Å². The van der Waals surface area contributed by atoms with E-state index < -0.39 is 0 Å². The number of imidazole rings is 1. The van der Waals surface area contributed by atoms with Crippen LogP contribution < -0.4 is 11.1 Å². The molecule has 1 saturated carbocycles. The van der Waals surface area contributed by atoms with E-state index in [1.165, 1.54) is 31.2 Å². The maximum atomic E-state index is 5.71. The van der Waals surface area contributed by atoms with E-state index in [2.05, 4.69) is 33.1 Å². The van der Waals surface area contributed by atoms with Gasteiger partial charge in [-0.1, -0.05) is 31.4 Å². The fourth-order valence-electron chi connectivity index (χ4n) is 2.74. The molecular weight excluding hydrogens is 236 g/mol. The summed E-state index contributed by atoms with van der Waals surface area (Å²) in [5.74, 6) is 1.89. The van der Waals surface area contributed by atoms with Crippen molar-refractivity contribution < 1.29 is 0 Å². The lowest BCUT2D eigenvalue weighted by Gasteiger charge is -2.25. The highest BCUT2D eigenvalue weighted by molar-refractivity contribution is 5.78. The van der Waals surface area contributed by atoms with E-state index in [-0.39, 0.29) is 0 Å². The second-order valence-corrected chi connectivity index (χ2v) is 5.38. The third-order valence-electron chi connectivity index (χ3n) is 4.07. The standard InChI is InChI=1S/C15H22N4/c16-9-11-19-14-7-2-1-6-13(14)18-15(19)17-10-8-12-4-3-5-12/h1-2,6-7,12H,3-5,8-11,16H2,(H,17,18). The van der Waals surface area contributed by atoms with Crippen molar-refractivity contribution in [2.24, 2.45) is 11.7 Å². The number of nitrogens with one attached hydrogen (secondary N) is 1. The fraction of sp³-hybridized carbons (Fsp3) is 0.533. The van der Waals surface area contributed by atoms with Crippen LogP contribution >= 0.6 is 0 Å². The lowest BCUT2D eigenvalue weighted by atomic mass is 9.83. The Morgan fingerprint density at radius 3 is 2.89 bits per heavy atom. The van der Waals surface area contributed by atoms with Crippen LogP contribution in [-0.4, -0.2) is 22.6 Å². The van der Waals surface area contributed by atoms with Crippen molar-refractivity contribution in [2.75, 3.05) is 18.4 Å². The van der Waals surface area contributed by atoms with Gasteiger partial charge in [-0.05, 0) is 24.5 Å². The molecule has 1 aromatic carbocycles. The minimum absolute atomic E-state index is 0.637. The monoisotopic (exact) mass is 258 g/mol. The molecule has 0 aliphatic heterocycles. The lowest BCUT2D eigenvalue weighted by Crippen LogP contribution is -2.18. The van der Waals surface area contributed by atoms with Crippen molar-refractivity contribution >= 4 is 17.0 Å². The van der Waals surface area contributed by atoms with E-state index in [0.717, 1.165) is 30.5 Å². The molecule has 1 aromatic heterocycles. The summed E-state index contributed by atoms with van der Waals surface area (Å²) in [6.45, 7) is 2.46. The molecule has 4 heteroatoms. The van der Waals surface area contributed by atoms with Crippen LogP contribution in [0, 0.1) is 5.92 Å². The molecule has 4 nitrogen and oxygen atoms in total. The molecule has 0 atom stereocenters. The van der Waals surface area contributed by atoms with Gasteiger partial charge in [-0.2, -0.15) is 0 Å². The number of fused-ring (bicyclic) bond motifs is 1. The highest BCUT2D eigenvalue weighted by Gasteiger charge is 2.17. The van der Waals surface area contributed by atoms with Gasteiger partial charge in [0.1, 0.15) is 0 Å². The Morgan fingerprint density at radius 2 is 2.16 bits per heavy atom. The van der Waals surface area contributed by atoms with Crippen molar-refractivity contribution in [1.29, 1.82) is 0 Å². The smallest absolute Gasteiger partial charge is 0.203 e. The average molecular weight is 258 g/mol. The van der Waals surface area contributed by atoms with E-state index in [9.17, 15) is 0 Å². The Balaban J connectivity index is 1.74. The number of benzene rings is 1. The summed E-state index contributed by atoms with van der Waals surface area (Å²) in [4.78, 5) is 4.67. The first kappa shape index (κ1) is 12.5. The topological polar surface area (TPSA) is 55.9 Å². The number of rotatable bonds is 6. The summed E-state index contributed by atoms with van der Waals surface area (Å²) < 4.78 is 2.19. The minimum Gasteiger partial charge on any atom is -0.356 e. The van der Waals surface area contributed by atoms with Crippen molar-refractivity contribution in [3.8, 4) is 0 Å². The Hall–Kier alpha value is -1.55. The van der Waals surface area contributed by atoms with Gasteiger partial charge in [-0.3, -0.25) is 0 Å². The van der Waals surface area contributed by atoms with Crippen LogP contribution in [0.1, 0.15) is 25.7 Å². The number of nitrogens with zero attached hydrogens (tertiary/aromatic N) is 2. The highest BCUT2D eigenvalue weighted by atomic mass is 15.2. The maximum Gasteiger partial charge on any atom is 0.203 e. The zero-order valence-electron chi connectivity index (χ0n) is 11.3. The summed E-state index contributed by atoms with van der Waals surface area (Å²) >= 11 is 0. The van der Waals surface area contributed by atoms with Crippen molar-refractivity contribution in [3.05, 3.63) is 24.3 Å². The molecule has 1 fully saturated rings. The van der Waals surface area contributed by atoms with Gasteiger partial charge < -0.3 is 15.6 Å². The number of anilines is 1. The Bertz CT molecular complexity index is 542. The van der Waals surface area contributed by atoms with E-state index in [1.54, 1.807) is 0 Å². The SMILES string of the molecule is NCCn1c(NCCC2CCC2)nc2ccccc21. The third-order valence-corrected chi connectivity index (χ3v) is 4.07. The largest absolute Gasteiger partial charge is 0.356 e. The van der Waals surface area contributed by atoms with E-state index in [0.29, 0.717) is 6.54 Å². The van der Waals surface area contributed by atoms with Crippen LogP contribution in [0.4, 0.5) is 5.95 Å². The van der Waals surface area contributed by atoms with Crippen molar-refractivity contribution in [3.63, 3.8) is 0 Å². The quantitative estimate of drug-likeness (QED) is 0.837. The van der Waals surface area contributed by atoms with Crippen LogP contribution in [0.15, 0.2) is 24.3 Å². The zero-order valence-corrected chi connectivity index (χ0v) is 11.3. The molecule has 0 spiro atoms. The second-order valence-electron chi connectivity index (χ2n) is 5.38. The predicted molar refractivity (Wildman–Crippen MR) is 79.2 cm³/mol. The molecule has 1 aliphatic carbocycles. The zero-order chi connectivity index (χ0) is 13.1. The fourth-order valence-corrected chi connectivity index (χ4v) is 2.74. The Morgan fingerprint density at radius 1 is 1.32 bits per heavy atom. The van der Waals surface area contributed by atoms with Gasteiger partial charge in [0.2, 0.25) is 5.95 Å². The second kappa shape index (κ2) is 5.61. The van der Waals surface area contributed by atoms with Gasteiger partial charge in [0.15, 0.2) is 0 Å². The number of hydrogen-bond acceptors (Lipinski definition) is 3. The average Bonchev–Trinajstić information content (AvgIpc) is 2.72. The summed E-state index contributed by atoms with van der Waals surface area (Å²) in [5.41, 5.74) is 7.92. The molecule has 3 rings (SSSR count). The number of aromatic nitrogens is 2. The van der Waals surface area contributed by atoms with Crippen molar-refractivity contribution in [1.82, 2.24) is 9.55 Å². The molecule has 0 radical (unpaired) electrons. The van der Waals surface area contributed by atoms with Gasteiger partial charge in [0.25, 0.3) is 0 Å². The Labute approximate surface area is 114 Å². The van der Waals surface area contributed by atoms with Crippen LogP contribution in [-0.2, 0) is 6.54 Å². The summed E-state index contributed by atoms with van der Waals surface area (Å²) in [5, 5.41) is 3.48. The minimum atomic E-state index is 0.637. The van der Waals surface area contributed by atoms with Gasteiger partial charge in [-0.15, -0.1) is 0 Å². The summed E-state index contributed by atoms with van der Waals surface area (Å²) in [6, 6.07) is 8.24. The summed E-state index contributed by atoms with van der Waals surface area (Å²) in [7, 11) is 0. The first-order valence-electron chi connectivity index (χ1n) is 7.27. The van der Waals surface area contributed by atoms with Crippen LogP contribution in [0.2, 0.25) is 0 Å². The molecule has 0 saturated heterocycles. The number of para-hydroxylation sites is 2. The summed E-state index contributed by atoms with van der Waals surface area (Å²) in [6.07, 6.45) is 5.48. The maximum absolute atomic E-state index is 5.71. The van der Waals surface area contributed by atoms with Gasteiger partial charge >= 0.3 is 0 Å². The Kier molecular flexibility index (Phi) is 3.69. The molecule has 0 unspecified atom stereocenters.